The van der Waals surface area contributed by atoms with Gasteiger partial charge in [-0.2, -0.15) is 0 Å². The van der Waals surface area contributed by atoms with Crippen molar-refractivity contribution in [2.45, 2.75) is 52.1 Å². The topological polar surface area (TPSA) is 52.6 Å². The Morgan fingerprint density at radius 1 is 1.31 bits per heavy atom. The Bertz CT molecular complexity index is 254. The lowest BCUT2D eigenvalue weighted by molar-refractivity contribution is -0.148. The molecule has 1 aliphatic rings. The van der Waals surface area contributed by atoms with Crippen molar-refractivity contribution in [2.75, 3.05) is 0 Å². The number of rotatable bonds is 4. The van der Waals surface area contributed by atoms with Crippen molar-refractivity contribution in [2.24, 2.45) is 0 Å². The van der Waals surface area contributed by atoms with Gasteiger partial charge in [-0.05, 0) is 19.3 Å². The highest BCUT2D eigenvalue weighted by atomic mass is 16.6. The Morgan fingerprint density at radius 2 is 1.88 bits per heavy atom. The average Bonchev–Trinajstić information content (AvgIpc) is 2.84. The van der Waals surface area contributed by atoms with Gasteiger partial charge in [0.25, 0.3) is 0 Å². The van der Waals surface area contributed by atoms with Gasteiger partial charge in [-0.15, -0.1) is 0 Å². The van der Waals surface area contributed by atoms with Crippen LogP contribution in [0.2, 0.25) is 0 Å². The van der Waals surface area contributed by atoms with Crippen molar-refractivity contribution in [1.29, 1.82) is 0 Å². The number of hydrogen-bond donors (Lipinski definition) is 0. The molecule has 0 spiro atoms. The van der Waals surface area contributed by atoms with Gasteiger partial charge in [0.1, 0.15) is 5.60 Å². The highest BCUT2D eigenvalue weighted by Gasteiger charge is 2.44. The summed E-state index contributed by atoms with van der Waals surface area (Å²) in [6, 6.07) is 0. The second kappa shape index (κ2) is 7.04. The van der Waals surface area contributed by atoms with Crippen molar-refractivity contribution in [3.63, 3.8) is 0 Å². The first-order valence-corrected chi connectivity index (χ1v) is 5.43. The van der Waals surface area contributed by atoms with Crippen LogP contribution in [0, 0.1) is 0 Å². The molecule has 0 amide bonds. The van der Waals surface area contributed by atoms with E-state index in [9.17, 15) is 9.59 Å². The molecule has 0 bridgehead atoms. The predicted octanol–water partition coefficient (Wildman–Crippen LogP) is 2.58. The van der Waals surface area contributed by atoms with Crippen molar-refractivity contribution in [1.82, 2.24) is 0 Å². The Hall–Kier alpha value is -1.32. The molecule has 1 aliphatic carbocycles. The smallest absolute Gasteiger partial charge is 0.307 e. The second-order valence-electron chi connectivity index (χ2n) is 3.80. The number of ether oxygens (including phenoxy) is 2. The van der Waals surface area contributed by atoms with Gasteiger partial charge in [0.15, 0.2) is 0 Å². The predicted molar refractivity (Wildman–Crippen MR) is 60.6 cm³/mol. The van der Waals surface area contributed by atoms with E-state index in [2.05, 4.69) is 18.2 Å². The van der Waals surface area contributed by atoms with E-state index in [4.69, 9.17) is 4.74 Å². The van der Waals surface area contributed by atoms with Crippen molar-refractivity contribution in [3.8, 4) is 0 Å². The summed E-state index contributed by atoms with van der Waals surface area (Å²) in [7, 11) is 0. The summed E-state index contributed by atoms with van der Waals surface area (Å²) in [6.45, 7) is 8.08. The summed E-state index contributed by atoms with van der Waals surface area (Å²) >= 11 is 0. The van der Waals surface area contributed by atoms with E-state index >= 15 is 0 Å². The molecule has 0 radical (unpaired) electrons. The quantitative estimate of drug-likeness (QED) is 0.548. The van der Waals surface area contributed by atoms with Gasteiger partial charge in [-0.3, -0.25) is 9.59 Å². The minimum Gasteiger partial charge on any atom is -0.459 e. The van der Waals surface area contributed by atoms with Crippen LogP contribution in [-0.4, -0.2) is 17.5 Å². The molecule has 16 heavy (non-hydrogen) atoms. The molecular weight excluding hydrogens is 208 g/mol. The van der Waals surface area contributed by atoms with Gasteiger partial charge in [-0.1, -0.05) is 19.9 Å². The molecule has 0 aromatic carbocycles. The molecule has 1 saturated carbocycles. The summed E-state index contributed by atoms with van der Waals surface area (Å²) in [5, 5.41) is 0. The van der Waals surface area contributed by atoms with Crippen LogP contribution in [0.15, 0.2) is 12.8 Å². The first-order chi connectivity index (χ1) is 7.45. The monoisotopic (exact) mass is 228 g/mol. The van der Waals surface area contributed by atoms with Gasteiger partial charge >= 0.3 is 11.9 Å². The third kappa shape index (κ3) is 7.04. The number of hydrogen-bond acceptors (Lipinski definition) is 4. The van der Waals surface area contributed by atoms with E-state index < -0.39 is 0 Å². The van der Waals surface area contributed by atoms with Crippen LogP contribution in [0.4, 0.5) is 0 Å². The van der Waals surface area contributed by atoms with E-state index in [1.807, 2.05) is 0 Å². The number of carbonyl (C=O) groups is 2. The standard InChI is InChI=1S/C8H14O2.C4H6O2/c1-3-4-8(5-6-8)10-7(2)9;1-3-6-4(2)5/h3-6H2,1-2H3;3H,1H2,2H3. The fourth-order valence-corrected chi connectivity index (χ4v) is 1.42. The van der Waals surface area contributed by atoms with Crippen LogP contribution in [0.5, 0.6) is 0 Å². The molecule has 1 fully saturated rings. The zero-order chi connectivity index (χ0) is 12.6. The molecule has 1 rings (SSSR count). The van der Waals surface area contributed by atoms with Crippen molar-refractivity contribution >= 4 is 11.9 Å². The molecule has 0 aromatic heterocycles. The molecule has 0 aromatic rings. The maximum atomic E-state index is 10.6. The molecule has 0 saturated heterocycles. The Kier molecular flexibility index (Phi) is 6.46. The SMILES string of the molecule is C=COC(C)=O.CCCC1(OC(C)=O)CC1. The van der Waals surface area contributed by atoms with Crippen LogP contribution >= 0.6 is 0 Å². The Morgan fingerprint density at radius 3 is 2.06 bits per heavy atom. The Labute approximate surface area is 96.6 Å². The summed E-state index contributed by atoms with van der Waals surface area (Å²) in [4.78, 5) is 20.3. The minimum atomic E-state index is -0.329. The third-order valence-electron chi connectivity index (χ3n) is 2.12. The van der Waals surface area contributed by atoms with Crippen LogP contribution in [0.1, 0.15) is 46.5 Å². The van der Waals surface area contributed by atoms with E-state index in [1.54, 1.807) is 0 Å². The van der Waals surface area contributed by atoms with Crippen LogP contribution in [-0.2, 0) is 19.1 Å². The largest absolute Gasteiger partial charge is 0.459 e. The van der Waals surface area contributed by atoms with Crippen molar-refractivity contribution < 1.29 is 19.1 Å². The van der Waals surface area contributed by atoms with E-state index in [1.165, 1.54) is 13.8 Å². The molecule has 0 N–H and O–H groups in total. The zero-order valence-corrected chi connectivity index (χ0v) is 10.2. The summed E-state index contributed by atoms with van der Waals surface area (Å²) in [5.74, 6) is -0.462. The molecule has 4 heteroatoms. The van der Waals surface area contributed by atoms with Crippen molar-refractivity contribution in [3.05, 3.63) is 12.8 Å². The fraction of sp³-hybridized carbons (Fsp3) is 0.667. The first kappa shape index (κ1) is 14.7. The Balaban J connectivity index is 0.000000325. The lowest BCUT2D eigenvalue weighted by Crippen LogP contribution is -2.16. The maximum absolute atomic E-state index is 10.6. The summed E-state index contributed by atoms with van der Waals surface area (Å²) in [5.41, 5.74) is -0.0272. The maximum Gasteiger partial charge on any atom is 0.307 e. The fourth-order valence-electron chi connectivity index (χ4n) is 1.42. The molecule has 4 nitrogen and oxygen atoms in total. The molecule has 0 heterocycles. The minimum absolute atomic E-state index is 0.0272. The van der Waals surface area contributed by atoms with E-state index in [0.29, 0.717) is 0 Å². The summed E-state index contributed by atoms with van der Waals surface area (Å²) in [6.07, 6.45) is 5.38. The third-order valence-corrected chi connectivity index (χ3v) is 2.12. The highest BCUT2D eigenvalue weighted by molar-refractivity contribution is 5.67. The normalized spacial score (nSPS) is 15.2. The van der Waals surface area contributed by atoms with Crippen LogP contribution < -0.4 is 0 Å². The zero-order valence-electron chi connectivity index (χ0n) is 10.2. The van der Waals surface area contributed by atoms with Gasteiger partial charge < -0.3 is 9.47 Å². The van der Waals surface area contributed by atoms with Gasteiger partial charge in [0.05, 0.1) is 6.26 Å². The number of esters is 2. The molecule has 0 aliphatic heterocycles. The number of carbonyl (C=O) groups excluding carboxylic acids is 2. The van der Waals surface area contributed by atoms with E-state index in [-0.39, 0.29) is 17.5 Å². The van der Waals surface area contributed by atoms with Gasteiger partial charge in [0.2, 0.25) is 0 Å². The van der Waals surface area contributed by atoms with E-state index in [0.717, 1.165) is 31.9 Å². The van der Waals surface area contributed by atoms with Gasteiger partial charge in [-0.25, -0.2) is 0 Å². The van der Waals surface area contributed by atoms with Crippen LogP contribution in [0.3, 0.4) is 0 Å². The highest BCUT2D eigenvalue weighted by Crippen LogP contribution is 2.43. The second-order valence-corrected chi connectivity index (χ2v) is 3.80. The van der Waals surface area contributed by atoms with Crippen LogP contribution in [0.25, 0.3) is 0 Å². The van der Waals surface area contributed by atoms with Gasteiger partial charge in [0, 0.05) is 13.8 Å². The lowest BCUT2D eigenvalue weighted by atomic mass is 10.2. The molecule has 0 atom stereocenters. The molecular formula is C12H20O4. The summed E-state index contributed by atoms with van der Waals surface area (Å²) < 4.78 is 9.32. The molecule has 0 unspecified atom stereocenters. The lowest BCUT2D eigenvalue weighted by Gasteiger charge is -2.13. The average molecular weight is 228 g/mol. The first-order valence-electron chi connectivity index (χ1n) is 5.43. The molecule has 92 valence electrons.